The van der Waals surface area contributed by atoms with Crippen LogP contribution in [0.1, 0.15) is 5.01 Å². The van der Waals surface area contributed by atoms with E-state index < -0.39 is 0 Å². The lowest BCUT2D eigenvalue weighted by molar-refractivity contribution is -0.136. The molecule has 4 nitrogen and oxygen atoms in total. The number of hydrogen-bond acceptors (Lipinski definition) is 4. The molecular formula is C12H14N2O2S. The fourth-order valence-corrected chi connectivity index (χ4v) is 2.95. The Hall–Kier alpha value is -1.17. The highest BCUT2D eigenvalue weighted by atomic mass is 32.1. The number of H-pyrrole nitrogens is 1. The van der Waals surface area contributed by atoms with E-state index in [4.69, 9.17) is 4.74 Å². The van der Waals surface area contributed by atoms with Gasteiger partial charge in [0.05, 0.1) is 30.5 Å². The Bertz CT molecular complexity index is 483. The van der Waals surface area contributed by atoms with Crippen LogP contribution >= 0.6 is 11.3 Å². The number of aliphatic hydroxyl groups is 1. The lowest BCUT2D eigenvalue weighted by Gasteiger charge is -2.39. The van der Waals surface area contributed by atoms with Gasteiger partial charge in [-0.05, 0) is 6.07 Å². The van der Waals surface area contributed by atoms with Gasteiger partial charge in [0.1, 0.15) is 0 Å². The molecule has 1 saturated heterocycles. The summed E-state index contributed by atoms with van der Waals surface area (Å²) in [5.74, 6) is 0. The molecule has 5 heteroatoms. The molecule has 0 radical (unpaired) electrons. The van der Waals surface area contributed by atoms with E-state index in [1.807, 2.05) is 18.5 Å². The zero-order chi connectivity index (χ0) is 11.7. The maximum absolute atomic E-state index is 9.38. The Morgan fingerprint density at radius 3 is 3.00 bits per heavy atom. The Balaban J connectivity index is 1.77. The summed E-state index contributed by atoms with van der Waals surface area (Å²) in [5, 5.41) is 12.5. The summed E-state index contributed by atoms with van der Waals surface area (Å²) < 4.78 is 5.19. The summed E-state index contributed by atoms with van der Waals surface area (Å²) in [7, 11) is 0. The van der Waals surface area contributed by atoms with E-state index in [1.165, 1.54) is 0 Å². The molecule has 0 saturated carbocycles. The Morgan fingerprint density at radius 2 is 2.41 bits per heavy atom. The summed E-state index contributed by atoms with van der Waals surface area (Å²) >= 11 is 1.65. The number of rotatable bonds is 4. The summed E-state index contributed by atoms with van der Waals surface area (Å²) in [6, 6.07) is 2.01. The van der Waals surface area contributed by atoms with Crippen LogP contribution in [0.25, 0.3) is 11.3 Å². The average molecular weight is 250 g/mol. The van der Waals surface area contributed by atoms with Gasteiger partial charge >= 0.3 is 0 Å². The smallest absolute Gasteiger partial charge is 0.0940 e. The van der Waals surface area contributed by atoms with Gasteiger partial charge in [0.25, 0.3) is 0 Å². The van der Waals surface area contributed by atoms with Crippen molar-refractivity contribution in [1.82, 2.24) is 9.97 Å². The highest BCUT2D eigenvalue weighted by molar-refractivity contribution is 7.09. The van der Waals surface area contributed by atoms with E-state index in [0.29, 0.717) is 13.2 Å². The molecule has 1 aliphatic heterocycles. The zero-order valence-corrected chi connectivity index (χ0v) is 10.2. The fourth-order valence-electron chi connectivity index (χ4n) is 1.97. The van der Waals surface area contributed by atoms with Gasteiger partial charge in [-0.3, -0.25) is 0 Å². The predicted octanol–water partition coefficient (Wildman–Crippen LogP) is 1.69. The van der Waals surface area contributed by atoms with Gasteiger partial charge < -0.3 is 14.8 Å². The van der Waals surface area contributed by atoms with Crippen molar-refractivity contribution >= 4 is 11.3 Å². The van der Waals surface area contributed by atoms with Crippen molar-refractivity contribution in [1.29, 1.82) is 0 Å². The number of ether oxygens (including phenoxy) is 1. The molecular weight excluding hydrogens is 236 g/mol. The van der Waals surface area contributed by atoms with Crippen LogP contribution in [0.3, 0.4) is 0 Å². The largest absolute Gasteiger partial charge is 0.396 e. The first-order chi connectivity index (χ1) is 8.31. The number of hydrogen-bond donors (Lipinski definition) is 2. The molecule has 90 valence electrons. The molecule has 0 spiro atoms. The maximum atomic E-state index is 9.38. The summed E-state index contributed by atoms with van der Waals surface area (Å²) in [4.78, 5) is 7.62. The van der Waals surface area contributed by atoms with Crippen LogP contribution in [0.4, 0.5) is 0 Å². The minimum absolute atomic E-state index is 0.0900. The zero-order valence-electron chi connectivity index (χ0n) is 9.35. The molecule has 3 rings (SSSR count). The van der Waals surface area contributed by atoms with E-state index in [1.54, 1.807) is 11.3 Å². The number of aromatic nitrogens is 2. The lowest BCUT2D eigenvalue weighted by Crippen LogP contribution is -2.47. The van der Waals surface area contributed by atoms with Crippen LogP contribution in [-0.2, 0) is 11.2 Å². The van der Waals surface area contributed by atoms with Crippen molar-refractivity contribution in [3.63, 3.8) is 0 Å². The third-order valence-corrected chi connectivity index (χ3v) is 3.97. The van der Waals surface area contributed by atoms with Crippen LogP contribution in [0, 0.1) is 5.41 Å². The highest BCUT2D eigenvalue weighted by Gasteiger charge is 2.38. The van der Waals surface area contributed by atoms with Crippen molar-refractivity contribution in [3.05, 3.63) is 28.8 Å². The fraction of sp³-hybridized carbons (Fsp3) is 0.417. The molecule has 2 aromatic rings. The first-order valence-electron chi connectivity index (χ1n) is 5.58. The van der Waals surface area contributed by atoms with Crippen molar-refractivity contribution in [2.24, 2.45) is 5.41 Å². The summed E-state index contributed by atoms with van der Waals surface area (Å²) in [6.45, 7) is 1.46. The average Bonchev–Trinajstić information content (AvgIpc) is 2.94. The van der Waals surface area contributed by atoms with Gasteiger partial charge in [-0.25, -0.2) is 4.98 Å². The summed E-state index contributed by atoms with van der Waals surface area (Å²) in [5.41, 5.74) is 2.02. The molecule has 17 heavy (non-hydrogen) atoms. The Labute approximate surface area is 103 Å². The molecule has 0 amide bonds. The molecule has 0 aromatic carbocycles. The quantitative estimate of drug-likeness (QED) is 0.868. The molecule has 0 atom stereocenters. The third kappa shape index (κ3) is 2.01. The first-order valence-corrected chi connectivity index (χ1v) is 6.45. The van der Waals surface area contributed by atoms with Gasteiger partial charge in [0, 0.05) is 35.2 Å². The third-order valence-electron chi connectivity index (χ3n) is 3.12. The first kappa shape index (κ1) is 11.0. The summed E-state index contributed by atoms with van der Waals surface area (Å²) in [6.07, 6.45) is 4.63. The maximum Gasteiger partial charge on any atom is 0.0940 e. The van der Waals surface area contributed by atoms with E-state index in [2.05, 4.69) is 15.3 Å². The Kier molecular flexibility index (Phi) is 2.74. The number of thiazole rings is 1. The molecule has 1 aliphatic rings. The van der Waals surface area contributed by atoms with Crippen LogP contribution in [-0.4, -0.2) is 34.9 Å². The van der Waals surface area contributed by atoms with Gasteiger partial charge in [-0.15, -0.1) is 11.3 Å². The van der Waals surface area contributed by atoms with Crippen molar-refractivity contribution in [2.75, 3.05) is 19.8 Å². The standard InChI is InChI=1S/C12H14N2O2S/c15-6-12(7-16-8-12)3-11-14-10(5-17-11)9-1-2-13-4-9/h1-2,4-5,13,15H,3,6-8H2. The topological polar surface area (TPSA) is 58.1 Å². The van der Waals surface area contributed by atoms with E-state index in [9.17, 15) is 5.11 Å². The minimum atomic E-state index is -0.0900. The number of aliphatic hydroxyl groups excluding tert-OH is 1. The van der Waals surface area contributed by atoms with E-state index >= 15 is 0 Å². The van der Waals surface area contributed by atoms with Crippen molar-refractivity contribution < 1.29 is 9.84 Å². The van der Waals surface area contributed by atoms with E-state index in [-0.39, 0.29) is 12.0 Å². The molecule has 0 bridgehead atoms. The predicted molar refractivity (Wildman–Crippen MR) is 65.9 cm³/mol. The van der Waals surface area contributed by atoms with Gasteiger partial charge in [0.15, 0.2) is 0 Å². The SMILES string of the molecule is OCC1(Cc2nc(-c3cc[nH]c3)cs2)COC1. The molecule has 2 aromatic heterocycles. The number of aromatic amines is 1. The van der Waals surface area contributed by atoms with Gasteiger partial charge in [0.2, 0.25) is 0 Å². The molecule has 2 N–H and O–H groups in total. The van der Waals surface area contributed by atoms with Crippen molar-refractivity contribution in [2.45, 2.75) is 6.42 Å². The van der Waals surface area contributed by atoms with Crippen molar-refractivity contribution in [3.8, 4) is 11.3 Å². The molecule has 1 fully saturated rings. The van der Waals surface area contributed by atoms with Crippen LogP contribution in [0.5, 0.6) is 0 Å². The molecule has 3 heterocycles. The lowest BCUT2D eigenvalue weighted by atomic mass is 9.84. The Morgan fingerprint density at radius 1 is 1.53 bits per heavy atom. The minimum Gasteiger partial charge on any atom is -0.396 e. The number of nitrogens with zero attached hydrogens (tertiary/aromatic N) is 1. The van der Waals surface area contributed by atoms with Gasteiger partial charge in [-0.2, -0.15) is 0 Å². The second-order valence-corrected chi connectivity index (χ2v) is 5.50. The monoisotopic (exact) mass is 250 g/mol. The van der Waals surface area contributed by atoms with Crippen LogP contribution in [0.15, 0.2) is 23.8 Å². The normalized spacial score (nSPS) is 17.9. The van der Waals surface area contributed by atoms with E-state index in [0.717, 1.165) is 22.7 Å². The van der Waals surface area contributed by atoms with Gasteiger partial charge in [-0.1, -0.05) is 0 Å². The van der Waals surface area contributed by atoms with Crippen LogP contribution in [0.2, 0.25) is 0 Å². The second kappa shape index (κ2) is 4.25. The highest BCUT2D eigenvalue weighted by Crippen LogP contribution is 2.33. The molecule has 0 unspecified atom stereocenters. The van der Waals surface area contributed by atoms with Crippen LogP contribution < -0.4 is 0 Å². The number of nitrogens with one attached hydrogen (secondary N) is 1. The second-order valence-electron chi connectivity index (χ2n) is 4.55. The molecule has 0 aliphatic carbocycles.